The molecule has 0 amide bonds. The van der Waals surface area contributed by atoms with E-state index in [0.717, 1.165) is 18.3 Å². The molecule has 2 nitrogen and oxygen atoms in total. The maximum absolute atomic E-state index is 4.67. The summed E-state index contributed by atoms with van der Waals surface area (Å²) in [4.78, 5) is 4.67. The van der Waals surface area contributed by atoms with E-state index in [9.17, 15) is 0 Å². The van der Waals surface area contributed by atoms with Gasteiger partial charge in [-0.05, 0) is 19.2 Å². The number of thiazole rings is 1. The molecule has 17 heavy (non-hydrogen) atoms. The second-order valence-corrected chi connectivity index (χ2v) is 7.61. The first-order chi connectivity index (χ1) is 7.93. The molecule has 1 N–H and O–H groups in total. The Balaban J connectivity index is 2.31. The fourth-order valence-electron chi connectivity index (χ4n) is 1.36. The van der Waals surface area contributed by atoms with E-state index in [1.165, 1.54) is 17.1 Å². The predicted molar refractivity (Wildman–Crippen MR) is 80.1 cm³/mol. The minimum Gasteiger partial charge on any atom is -0.310 e. The van der Waals surface area contributed by atoms with Crippen molar-refractivity contribution < 1.29 is 0 Å². The molecule has 0 aliphatic rings. The fourth-order valence-corrected chi connectivity index (χ4v) is 2.70. The van der Waals surface area contributed by atoms with Gasteiger partial charge in [0.25, 0.3) is 0 Å². The maximum atomic E-state index is 4.67. The molecule has 0 fully saturated rings. The second-order valence-electron chi connectivity index (χ2n) is 5.39. The molecule has 0 bridgehead atoms. The van der Waals surface area contributed by atoms with Crippen LogP contribution in [0.5, 0.6) is 0 Å². The minimum absolute atomic E-state index is 0.169. The zero-order chi connectivity index (χ0) is 12.9. The van der Waals surface area contributed by atoms with Crippen molar-refractivity contribution in [1.29, 1.82) is 0 Å². The summed E-state index contributed by atoms with van der Waals surface area (Å²) in [5.41, 5.74) is 1.37. The van der Waals surface area contributed by atoms with Gasteiger partial charge in [-0.1, -0.05) is 27.7 Å². The molecular weight excluding hydrogens is 248 g/mol. The molecule has 0 radical (unpaired) electrons. The number of rotatable bonds is 6. The highest BCUT2D eigenvalue weighted by Gasteiger charge is 2.17. The third-order valence-electron chi connectivity index (χ3n) is 2.73. The van der Waals surface area contributed by atoms with Crippen LogP contribution in [-0.4, -0.2) is 23.0 Å². The Bertz CT molecular complexity index is 328. The van der Waals surface area contributed by atoms with Gasteiger partial charge in [0.2, 0.25) is 0 Å². The van der Waals surface area contributed by atoms with Crippen LogP contribution in [0.4, 0.5) is 0 Å². The Morgan fingerprint density at radius 1 is 1.47 bits per heavy atom. The van der Waals surface area contributed by atoms with E-state index in [-0.39, 0.29) is 5.41 Å². The van der Waals surface area contributed by atoms with Crippen LogP contribution in [-0.2, 0) is 12.0 Å². The lowest BCUT2D eigenvalue weighted by Crippen LogP contribution is -2.18. The lowest BCUT2D eigenvalue weighted by molar-refractivity contribution is 0.567. The predicted octanol–water partition coefficient (Wildman–Crippen LogP) is 3.67. The number of nitrogens with one attached hydrogen (secondary N) is 1. The van der Waals surface area contributed by atoms with Gasteiger partial charge < -0.3 is 5.32 Å². The lowest BCUT2D eigenvalue weighted by Gasteiger charge is -2.14. The largest absolute Gasteiger partial charge is 0.310 e. The summed E-state index contributed by atoms with van der Waals surface area (Å²) >= 11 is 3.69. The molecule has 0 saturated heterocycles. The molecule has 0 aliphatic carbocycles. The van der Waals surface area contributed by atoms with Crippen molar-refractivity contribution in [3.05, 3.63) is 16.1 Å². The Kier molecular flexibility index (Phi) is 5.97. The first-order valence-corrected chi connectivity index (χ1v) is 8.28. The van der Waals surface area contributed by atoms with Crippen LogP contribution < -0.4 is 5.32 Å². The lowest BCUT2D eigenvalue weighted by atomic mass is 9.93. The molecule has 0 aliphatic heterocycles. The summed E-state index contributed by atoms with van der Waals surface area (Å²) in [7, 11) is 0. The van der Waals surface area contributed by atoms with Crippen molar-refractivity contribution in [2.24, 2.45) is 0 Å². The molecule has 1 unspecified atom stereocenters. The molecular formula is C13H24N2S2. The topological polar surface area (TPSA) is 24.9 Å². The molecule has 1 rings (SSSR count). The molecule has 1 aromatic rings. The molecule has 0 spiro atoms. The molecule has 1 aromatic heterocycles. The monoisotopic (exact) mass is 272 g/mol. The molecule has 0 aromatic carbocycles. The van der Waals surface area contributed by atoms with Crippen LogP contribution in [0.1, 0.15) is 44.8 Å². The fraction of sp³-hybridized carbons (Fsp3) is 0.769. The van der Waals surface area contributed by atoms with Gasteiger partial charge in [-0.3, -0.25) is 0 Å². The number of hydrogen-bond acceptors (Lipinski definition) is 4. The average molecular weight is 272 g/mol. The van der Waals surface area contributed by atoms with E-state index in [0.29, 0.717) is 0 Å². The quantitative estimate of drug-likeness (QED) is 0.800. The van der Waals surface area contributed by atoms with Crippen LogP contribution >= 0.6 is 23.1 Å². The second kappa shape index (κ2) is 6.76. The highest BCUT2D eigenvalue weighted by Crippen LogP contribution is 2.23. The van der Waals surface area contributed by atoms with Gasteiger partial charge in [0.05, 0.1) is 5.69 Å². The summed E-state index contributed by atoms with van der Waals surface area (Å²) in [5.74, 6) is 0. The third kappa shape index (κ3) is 5.40. The average Bonchev–Trinajstić information content (AvgIpc) is 2.72. The van der Waals surface area contributed by atoms with Crippen LogP contribution in [0.25, 0.3) is 0 Å². The van der Waals surface area contributed by atoms with Crippen molar-refractivity contribution >= 4 is 23.1 Å². The van der Waals surface area contributed by atoms with Crippen LogP contribution in [0.2, 0.25) is 0 Å². The first-order valence-electron chi connectivity index (χ1n) is 6.12. The summed E-state index contributed by atoms with van der Waals surface area (Å²) in [6.45, 7) is 10.9. The van der Waals surface area contributed by atoms with Gasteiger partial charge >= 0.3 is 0 Å². The maximum Gasteiger partial charge on any atom is 0.107 e. The van der Waals surface area contributed by atoms with Gasteiger partial charge in [0.1, 0.15) is 5.01 Å². The Morgan fingerprint density at radius 3 is 2.71 bits per heavy atom. The number of nitrogens with zero attached hydrogens (tertiary/aromatic N) is 1. The van der Waals surface area contributed by atoms with E-state index in [2.05, 4.69) is 49.6 Å². The van der Waals surface area contributed by atoms with Crippen molar-refractivity contribution in [2.45, 2.75) is 51.3 Å². The highest BCUT2D eigenvalue weighted by molar-refractivity contribution is 7.99. The van der Waals surface area contributed by atoms with E-state index < -0.39 is 0 Å². The summed E-state index contributed by atoms with van der Waals surface area (Å²) < 4.78 is 0. The zero-order valence-corrected chi connectivity index (χ0v) is 13.2. The highest BCUT2D eigenvalue weighted by atomic mass is 32.2. The molecule has 0 saturated carbocycles. The number of hydrogen-bond donors (Lipinski definition) is 1. The van der Waals surface area contributed by atoms with Crippen LogP contribution in [0, 0.1) is 0 Å². The van der Waals surface area contributed by atoms with E-state index in [1.807, 2.05) is 11.8 Å². The standard InChI is InChI=1S/C13H24N2S2/c1-10(16-5)6-7-14-8-12-15-11(9-17-12)13(2,3)4/h9-10,14H,6-8H2,1-5H3. The van der Waals surface area contributed by atoms with Gasteiger partial charge in [0, 0.05) is 22.6 Å². The van der Waals surface area contributed by atoms with Gasteiger partial charge in [-0.15, -0.1) is 11.3 Å². The number of thioether (sulfide) groups is 1. The summed E-state index contributed by atoms with van der Waals surface area (Å²) in [6, 6.07) is 0. The number of aromatic nitrogens is 1. The molecule has 1 heterocycles. The van der Waals surface area contributed by atoms with E-state index >= 15 is 0 Å². The molecule has 1 atom stereocenters. The summed E-state index contributed by atoms with van der Waals surface area (Å²) in [5, 5.41) is 7.59. The van der Waals surface area contributed by atoms with Crippen LogP contribution in [0.3, 0.4) is 0 Å². The first kappa shape index (κ1) is 15.0. The van der Waals surface area contributed by atoms with Gasteiger partial charge in [0.15, 0.2) is 0 Å². The third-order valence-corrected chi connectivity index (χ3v) is 4.62. The van der Waals surface area contributed by atoms with Gasteiger partial charge in [-0.25, -0.2) is 4.98 Å². The van der Waals surface area contributed by atoms with Crippen molar-refractivity contribution in [2.75, 3.05) is 12.8 Å². The smallest absolute Gasteiger partial charge is 0.107 e. The molecule has 98 valence electrons. The van der Waals surface area contributed by atoms with Crippen molar-refractivity contribution in [3.8, 4) is 0 Å². The van der Waals surface area contributed by atoms with Gasteiger partial charge in [-0.2, -0.15) is 11.8 Å². The minimum atomic E-state index is 0.169. The zero-order valence-electron chi connectivity index (χ0n) is 11.5. The SMILES string of the molecule is CSC(C)CCNCc1nc(C(C)(C)C)cs1. The van der Waals surface area contributed by atoms with Crippen LogP contribution in [0.15, 0.2) is 5.38 Å². The Labute approximate surface area is 114 Å². The Hall–Kier alpha value is -0.0600. The van der Waals surface area contributed by atoms with Crippen molar-refractivity contribution in [3.63, 3.8) is 0 Å². The summed E-state index contributed by atoms with van der Waals surface area (Å²) in [6.07, 6.45) is 3.39. The normalized spacial score (nSPS) is 13.9. The van der Waals surface area contributed by atoms with E-state index in [4.69, 9.17) is 0 Å². The molecule has 4 heteroatoms. The van der Waals surface area contributed by atoms with Crippen molar-refractivity contribution in [1.82, 2.24) is 10.3 Å². The van der Waals surface area contributed by atoms with E-state index in [1.54, 1.807) is 11.3 Å². The Morgan fingerprint density at radius 2 is 2.18 bits per heavy atom.